The molecule has 0 aliphatic carbocycles. The van der Waals surface area contributed by atoms with Gasteiger partial charge in [-0.15, -0.1) is 0 Å². The van der Waals surface area contributed by atoms with Crippen LogP contribution in [-0.4, -0.2) is 22.5 Å². The quantitative estimate of drug-likeness (QED) is 0.751. The fraction of sp³-hybridized carbons (Fsp3) is 0.500. The van der Waals surface area contributed by atoms with Crippen molar-refractivity contribution in [2.45, 2.75) is 37.8 Å². The Kier molecular flexibility index (Phi) is 2.03. The van der Waals surface area contributed by atoms with Gasteiger partial charge in [-0.25, -0.2) is 0 Å². The van der Waals surface area contributed by atoms with Crippen molar-refractivity contribution in [1.29, 1.82) is 0 Å². The zero-order valence-corrected chi connectivity index (χ0v) is 9.80. The van der Waals surface area contributed by atoms with Crippen LogP contribution in [0.2, 0.25) is 0 Å². The highest BCUT2D eigenvalue weighted by atomic mass is 16.3. The average Bonchev–Trinajstić information content (AvgIpc) is 3.02. The molecule has 2 aliphatic rings. The van der Waals surface area contributed by atoms with Crippen molar-refractivity contribution in [3.05, 3.63) is 30.2 Å². The Morgan fingerprint density at radius 3 is 3.24 bits per heavy atom. The molecule has 0 radical (unpaired) electrons. The van der Waals surface area contributed by atoms with E-state index in [1.807, 2.05) is 18.3 Å². The minimum absolute atomic E-state index is 0.497. The van der Waals surface area contributed by atoms with Gasteiger partial charge < -0.3 is 4.42 Å². The van der Waals surface area contributed by atoms with E-state index in [1.165, 1.54) is 32.2 Å². The van der Waals surface area contributed by atoms with Gasteiger partial charge in [0.05, 0.1) is 6.04 Å². The van der Waals surface area contributed by atoms with Crippen LogP contribution < -0.4 is 0 Å². The summed E-state index contributed by atoms with van der Waals surface area (Å²) in [5.41, 5.74) is 1.91. The first kappa shape index (κ1) is 9.66. The molecule has 0 saturated carbocycles. The van der Waals surface area contributed by atoms with Crippen LogP contribution in [0.3, 0.4) is 0 Å². The predicted molar refractivity (Wildman–Crippen MR) is 65.7 cm³/mol. The molecule has 2 fully saturated rings. The first-order valence-corrected chi connectivity index (χ1v) is 6.52. The summed E-state index contributed by atoms with van der Waals surface area (Å²) in [6.45, 7) is 1.24. The van der Waals surface area contributed by atoms with Crippen LogP contribution in [-0.2, 0) is 0 Å². The molecule has 2 aromatic heterocycles. The van der Waals surface area contributed by atoms with Crippen molar-refractivity contribution < 1.29 is 4.42 Å². The number of pyridine rings is 1. The topological polar surface area (TPSA) is 29.3 Å². The van der Waals surface area contributed by atoms with E-state index in [1.54, 1.807) is 0 Å². The molecule has 3 nitrogen and oxygen atoms in total. The van der Waals surface area contributed by atoms with Crippen LogP contribution in [0.25, 0.3) is 11.1 Å². The van der Waals surface area contributed by atoms with Crippen LogP contribution in [0.15, 0.2) is 28.8 Å². The molecule has 0 unspecified atom stereocenters. The second-order valence-electron chi connectivity index (χ2n) is 5.16. The van der Waals surface area contributed by atoms with Crippen molar-refractivity contribution in [3.8, 4) is 0 Å². The van der Waals surface area contributed by atoms with E-state index < -0.39 is 0 Å². The Bertz CT molecular complexity index is 515. The van der Waals surface area contributed by atoms with Gasteiger partial charge in [-0.2, -0.15) is 0 Å². The van der Waals surface area contributed by atoms with Gasteiger partial charge in [-0.05, 0) is 44.4 Å². The Labute approximate surface area is 100 Å². The summed E-state index contributed by atoms with van der Waals surface area (Å²) in [6, 6.07) is 7.36. The summed E-state index contributed by atoms with van der Waals surface area (Å²) in [6.07, 6.45) is 7.11. The fourth-order valence-corrected chi connectivity index (χ4v) is 3.45. The number of hydrogen-bond acceptors (Lipinski definition) is 3. The lowest BCUT2D eigenvalue weighted by atomic mass is 10.1. The van der Waals surface area contributed by atoms with Crippen LogP contribution in [0, 0.1) is 0 Å². The lowest BCUT2D eigenvalue weighted by Crippen LogP contribution is -2.25. The maximum absolute atomic E-state index is 5.96. The molecule has 0 spiro atoms. The van der Waals surface area contributed by atoms with Gasteiger partial charge in [0.25, 0.3) is 0 Å². The number of hydrogen-bond donors (Lipinski definition) is 0. The zero-order valence-electron chi connectivity index (χ0n) is 9.80. The number of aromatic nitrogens is 1. The van der Waals surface area contributed by atoms with Gasteiger partial charge in [0.15, 0.2) is 5.58 Å². The third-order valence-electron chi connectivity index (χ3n) is 4.23. The molecule has 3 heteroatoms. The highest BCUT2D eigenvalue weighted by molar-refractivity contribution is 5.72. The SMILES string of the molecule is c1cnc2cc([C@@H]3CC[C@H]4CCCN43)oc2c1. The van der Waals surface area contributed by atoms with Gasteiger partial charge in [0.1, 0.15) is 11.3 Å². The largest absolute Gasteiger partial charge is 0.458 e. The average molecular weight is 228 g/mol. The highest BCUT2D eigenvalue weighted by Crippen LogP contribution is 2.42. The Morgan fingerprint density at radius 1 is 1.29 bits per heavy atom. The molecule has 88 valence electrons. The summed E-state index contributed by atoms with van der Waals surface area (Å²) in [5, 5.41) is 0. The van der Waals surface area contributed by atoms with Gasteiger partial charge in [-0.3, -0.25) is 9.88 Å². The van der Waals surface area contributed by atoms with Crippen molar-refractivity contribution in [3.63, 3.8) is 0 Å². The van der Waals surface area contributed by atoms with Crippen molar-refractivity contribution >= 4 is 11.1 Å². The number of rotatable bonds is 1. The van der Waals surface area contributed by atoms with Gasteiger partial charge in [0.2, 0.25) is 0 Å². The third-order valence-corrected chi connectivity index (χ3v) is 4.23. The van der Waals surface area contributed by atoms with Crippen LogP contribution in [0.5, 0.6) is 0 Å². The molecule has 4 heterocycles. The molecule has 2 saturated heterocycles. The third kappa shape index (κ3) is 1.42. The molecular weight excluding hydrogens is 212 g/mol. The first-order chi connectivity index (χ1) is 8.42. The molecule has 0 amide bonds. The normalized spacial score (nSPS) is 28.9. The van der Waals surface area contributed by atoms with E-state index in [4.69, 9.17) is 4.42 Å². The molecule has 4 rings (SSSR count). The van der Waals surface area contributed by atoms with Gasteiger partial charge in [-0.1, -0.05) is 0 Å². The number of fused-ring (bicyclic) bond motifs is 2. The molecule has 2 aromatic rings. The molecule has 2 aliphatic heterocycles. The van der Waals surface area contributed by atoms with Crippen molar-refractivity contribution in [2.75, 3.05) is 6.54 Å². The van der Waals surface area contributed by atoms with E-state index in [9.17, 15) is 0 Å². The van der Waals surface area contributed by atoms with E-state index in [-0.39, 0.29) is 0 Å². The Hall–Kier alpha value is -1.35. The summed E-state index contributed by atoms with van der Waals surface area (Å²) >= 11 is 0. The summed E-state index contributed by atoms with van der Waals surface area (Å²) in [5.74, 6) is 1.11. The summed E-state index contributed by atoms with van der Waals surface area (Å²) in [7, 11) is 0. The van der Waals surface area contributed by atoms with E-state index in [0.717, 1.165) is 22.9 Å². The lowest BCUT2D eigenvalue weighted by molar-refractivity contribution is 0.225. The second-order valence-corrected chi connectivity index (χ2v) is 5.16. The monoisotopic (exact) mass is 228 g/mol. The first-order valence-electron chi connectivity index (χ1n) is 6.52. The molecule has 2 atom stereocenters. The van der Waals surface area contributed by atoms with E-state index in [2.05, 4.69) is 16.0 Å². The predicted octanol–water partition coefficient (Wildman–Crippen LogP) is 3.13. The molecular formula is C14H16N2O. The van der Waals surface area contributed by atoms with Crippen LogP contribution in [0.4, 0.5) is 0 Å². The number of furan rings is 1. The van der Waals surface area contributed by atoms with Gasteiger partial charge in [0, 0.05) is 18.3 Å². The molecule has 0 N–H and O–H groups in total. The van der Waals surface area contributed by atoms with E-state index in [0.29, 0.717) is 6.04 Å². The van der Waals surface area contributed by atoms with E-state index >= 15 is 0 Å². The standard InChI is InChI=1S/C14H16N2O/c1-4-13-11(15-7-1)9-14(17-13)12-6-5-10-3-2-8-16(10)12/h1,4,7,9-10,12H,2-3,5-6,8H2/t10-,12+/m1/s1. The minimum atomic E-state index is 0.497. The molecule has 0 aromatic carbocycles. The maximum atomic E-state index is 5.96. The lowest BCUT2D eigenvalue weighted by Gasteiger charge is -2.21. The fourth-order valence-electron chi connectivity index (χ4n) is 3.45. The van der Waals surface area contributed by atoms with Crippen molar-refractivity contribution in [2.24, 2.45) is 0 Å². The molecule has 17 heavy (non-hydrogen) atoms. The van der Waals surface area contributed by atoms with Gasteiger partial charge >= 0.3 is 0 Å². The van der Waals surface area contributed by atoms with Crippen molar-refractivity contribution in [1.82, 2.24) is 9.88 Å². The maximum Gasteiger partial charge on any atom is 0.152 e. The minimum Gasteiger partial charge on any atom is -0.458 e. The second kappa shape index (κ2) is 3.57. The number of nitrogens with zero attached hydrogens (tertiary/aromatic N) is 2. The molecule has 0 bridgehead atoms. The summed E-state index contributed by atoms with van der Waals surface area (Å²) < 4.78 is 5.96. The highest BCUT2D eigenvalue weighted by Gasteiger charge is 2.38. The van der Waals surface area contributed by atoms with Crippen LogP contribution in [0.1, 0.15) is 37.5 Å². The smallest absolute Gasteiger partial charge is 0.152 e. The Morgan fingerprint density at radius 2 is 2.29 bits per heavy atom. The zero-order chi connectivity index (χ0) is 11.2. The van der Waals surface area contributed by atoms with Crippen LogP contribution >= 0.6 is 0 Å². The summed E-state index contributed by atoms with van der Waals surface area (Å²) in [4.78, 5) is 6.97. The Balaban J connectivity index is 1.74.